The molecule has 8 nitrogen and oxygen atoms in total. The Morgan fingerprint density at radius 1 is 0.750 bits per heavy atom. The highest BCUT2D eigenvalue weighted by Gasteiger charge is 2.17. The molecule has 0 saturated heterocycles. The first-order chi connectivity index (χ1) is 17.1. The van der Waals surface area contributed by atoms with Crippen LogP contribution in [0.2, 0.25) is 0 Å². The second kappa shape index (κ2) is 11.2. The molecule has 0 aliphatic heterocycles. The van der Waals surface area contributed by atoms with E-state index in [4.69, 9.17) is 5.73 Å². The highest BCUT2D eigenvalue weighted by Crippen LogP contribution is 2.18. The fourth-order valence-electron chi connectivity index (χ4n) is 3.58. The van der Waals surface area contributed by atoms with Gasteiger partial charge in [0, 0.05) is 18.5 Å². The number of nitrogens with zero attached hydrogens (tertiary/aromatic N) is 3. The zero-order chi connectivity index (χ0) is 26.4. The molecular weight excluding hydrogens is 470 g/mol. The molecule has 0 saturated carbocycles. The van der Waals surface area contributed by atoms with Gasteiger partial charge in [-0.25, -0.2) is 8.78 Å². The molecule has 2 N–H and O–H groups in total. The Hall–Kier alpha value is -4.60. The largest absolute Gasteiger partial charge is 0.394 e. The van der Waals surface area contributed by atoms with Crippen molar-refractivity contribution in [1.82, 2.24) is 9.13 Å². The average Bonchev–Trinajstić information content (AvgIpc) is 2.86. The Morgan fingerprint density at radius 2 is 1.17 bits per heavy atom. The van der Waals surface area contributed by atoms with E-state index in [2.05, 4.69) is 0 Å². The molecule has 0 radical (unpaired) electrons. The van der Waals surface area contributed by atoms with Crippen LogP contribution in [0.4, 0.5) is 20.2 Å². The Labute approximate surface area is 205 Å². The van der Waals surface area contributed by atoms with E-state index in [1.807, 2.05) is 6.92 Å². The molecule has 4 aromatic rings. The molecule has 0 aliphatic rings. The summed E-state index contributed by atoms with van der Waals surface area (Å²) in [5.41, 5.74) is 5.95. The normalized spacial score (nSPS) is 12.2. The van der Waals surface area contributed by atoms with E-state index < -0.39 is 22.2 Å². The topological polar surface area (TPSA) is 113 Å². The molecule has 0 spiro atoms. The lowest BCUT2D eigenvalue weighted by Crippen LogP contribution is -2.25. The second-order valence-electron chi connectivity index (χ2n) is 7.99. The van der Waals surface area contributed by atoms with Gasteiger partial charge in [0.15, 0.2) is 0 Å². The van der Waals surface area contributed by atoms with Gasteiger partial charge in [-0.15, -0.1) is 0 Å². The number of anilines is 1. The summed E-state index contributed by atoms with van der Waals surface area (Å²) < 4.78 is 28.4. The van der Waals surface area contributed by atoms with Crippen LogP contribution >= 0.6 is 0 Å². The van der Waals surface area contributed by atoms with Crippen LogP contribution in [0, 0.1) is 21.7 Å². The third-order valence-corrected chi connectivity index (χ3v) is 5.69. The molecular formula is C26H24F2N4O4. The van der Waals surface area contributed by atoms with Crippen LogP contribution in [0.25, 0.3) is 0 Å². The molecule has 186 valence electrons. The fourth-order valence-corrected chi connectivity index (χ4v) is 3.58. The first-order valence-electron chi connectivity index (χ1n) is 10.9. The van der Waals surface area contributed by atoms with E-state index in [1.165, 1.54) is 45.7 Å². The second-order valence-corrected chi connectivity index (χ2v) is 7.99. The Morgan fingerprint density at radius 3 is 1.61 bits per heavy atom. The van der Waals surface area contributed by atoms with Crippen LogP contribution < -0.4 is 16.9 Å². The maximum Gasteiger partial charge on any atom is 0.334 e. The van der Waals surface area contributed by atoms with Crippen LogP contribution in [0.15, 0.2) is 94.8 Å². The lowest BCUT2D eigenvalue weighted by molar-refractivity contribution is -0.386. The number of nitrogens with two attached hydrogens (primary N) is 1. The number of benzene rings is 2. The maximum absolute atomic E-state index is 12.8. The van der Waals surface area contributed by atoms with E-state index in [0.29, 0.717) is 5.56 Å². The minimum atomic E-state index is -0.712. The van der Waals surface area contributed by atoms with E-state index in [-0.39, 0.29) is 28.9 Å². The molecule has 2 aromatic carbocycles. The monoisotopic (exact) mass is 494 g/mol. The number of rotatable bonds is 5. The van der Waals surface area contributed by atoms with Crippen molar-refractivity contribution < 1.29 is 13.7 Å². The van der Waals surface area contributed by atoms with Gasteiger partial charge in [-0.05, 0) is 67.4 Å². The van der Waals surface area contributed by atoms with Crippen LogP contribution in [-0.4, -0.2) is 14.1 Å². The van der Waals surface area contributed by atoms with Gasteiger partial charge in [0.25, 0.3) is 5.56 Å². The lowest BCUT2D eigenvalue weighted by Gasteiger charge is -2.15. The summed E-state index contributed by atoms with van der Waals surface area (Å²) in [6, 6.07) is 17.1. The van der Waals surface area contributed by atoms with Gasteiger partial charge in [0.2, 0.25) is 0 Å². The summed E-state index contributed by atoms with van der Waals surface area (Å²) in [6.07, 6.45) is 3.15. The van der Waals surface area contributed by atoms with Crippen molar-refractivity contribution in [2.24, 2.45) is 0 Å². The van der Waals surface area contributed by atoms with Gasteiger partial charge in [-0.3, -0.25) is 19.7 Å². The van der Waals surface area contributed by atoms with Gasteiger partial charge in [-0.2, -0.15) is 0 Å². The molecule has 2 heterocycles. The summed E-state index contributed by atoms with van der Waals surface area (Å²) in [5, 5.41) is 10.7. The zero-order valence-electron chi connectivity index (χ0n) is 19.5. The number of nitro groups is 1. The predicted octanol–water partition coefficient (Wildman–Crippen LogP) is 4.68. The lowest BCUT2D eigenvalue weighted by atomic mass is 10.1. The smallest absolute Gasteiger partial charge is 0.334 e. The number of hydrogen-bond acceptors (Lipinski definition) is 5. The number of pyridine rings is 2. The van der Waals surface area contributed by atoms with Crippen molar-refractivity contribution >= 4 is 11.4 Å². The molecule has 0 fully saturated rings. The summed E-state index contributed by atoms with van der Waals surface area (Å²) in [6.45, 7) is 3.59. The molecule has 10 heteroatoms. The number of hydrogen-bond donors (Lipinski definition) is 1. The standard InChI is InChI=1S/C13H11FN2O3.C13H13FN2O/c1-9(10-4-6-11(14)7-5-10)15-8-2-3-12(13(15)17)16(18)19;1-9(10-4-6-11(14)7-5-10)16-8-2-3-12(15)13(16)17/h2-9H,1H3;2-9H,15H2,1H3/t2*9-/m11/s1. The third-order valence-electron chi connectivity index (χ3n) is 5.69. The predicted molar refractivity (Wildman–Crippen MR) is 133 cm³/mol. The first-order valence-corrected chi connectivity index (χ1v) is 10.9. The molecule has 0 aliphatic carbocycles. The SMILES string of the molecule is C[C@H](c1ccc(F)cc1)n1cccc(N)c1=O.C[C@H](c1ccc(F)cc1)n1cccc([N+](=O)[O-])c1=O. The maximum atomic E-state index is 12.8. The van der Waals surface area contributed by atoms with Gasteiger partial charge in [-0.1, -0.05) is 24.3 Å². The third kappa shape index (κ3) is 5.90. The van der Waals surface area contributed by atoms with Gasteiger partial charge in [0.1, 0.15) is 11.6 Å². The molecule has 0 unspecified atom stereocenters. The van der Waals surface area contributed by atoms with Crippen molar-refractivity contribution in [2.75, 3.05) is 5.73 Å². The Balaban J connectivity index is 0.000000202. The molecule has 4 rings (SSSR count). The van der Waals surface area contributed by atoms with Crippen molar-refractivity contribution in [1.29, 1.82) is 0 Å². The minimum absolute atomic E-state index is 0.174. The highest BCUT2D eigenvalue weighted by molar-refractivity contribution is 5.34. The van der Waals surface area contributed by atoms with E-state index in [0.717, 1.165) is 11.6 Å². The molecule has 0 amide bonds. The van der Waals surface area contributed by atoms with E-state index >= 15 is 0 Å². The molecule has 36 heavy (non-hydrogen) atoms. The molecule has 2 atom stereocenters. The molecule has 0 bridgehead atoms. The van der Waals surface area contributed by atoms with Gasteiger partial charge < -0.3 is 14.9 Å². The van der Waals surface area contributed by atoms with Crippen molar-refractivity contribution in [3.8, 4) is 0 Å². The van der Waals surface area contributed by atoms with Crippen molar-refractivity contribution in [3.05, 3.63) is 139 Å². The Bertz CT molecular complexity index is 1470. The number of nitrogen functional groups attached to an aromatic ring is 1. The summed E-state index contributed by atoms with van der Waals surface area (Å²) >= 11 is 0. The Kier molecular flexibility index (Phi) is 8.11. The quantitative estimate of drug-likeness (QED) is 0.320. The minimum Gasteiger partial charge on any atom is -0.394 e. The number of aromatic nitrogens is 2. The highest BCUT2D eigenvalue weighted by atomic mass is 19.1. The fraction of sp³-hybridized carbons (Fsp3) is 0.154. The zero-order valence-corrected chi connectivity index (χ0v) is 19.5. The molecule has 2 aromatic heterocycles. The van der Waals surface area contributed by atoms with E-state index in [9.17, 15) is 28.5 Å². The van der Waals surface area contributed by atoms with E-state index in [1.54, 1.807) is 49.5 Å². The van der Waals surface area contributed by atoms with Crippen LogP contribution in [0.1, 0.15) is 37.1 Å². The summed E-state index contributed by atoms with van der Waals surface area (Å²) in [5.74, 6) is -0.664. The summed E-state index contributed by atoms with van der Waals surface area (Å²) in [7, 11) is 0. The van der Waals surface area contributed by atoms with Crippen molar-refractivity contribution in [2.45, 2.75) is 25.9 Å². The summed E-state index contributed by atoms with van der Waals surface area (Å²) in [4.78, 5) is 33.8. The van der Waals surface area contributed by atoms with Crippen molar-refractivity contribution in [3.63, 3.8) is 0 Å². The van der Waals surface area contributed by atoms with Crippen LogP contribution in [0.3, 0.4) is 0 Å². The van der Waals surface area contributed by atoms with Crippen LogP contribution in [-0.2, 0) is 0 Å². The van der Waals surface area contributed by atoms with Crippen LogP contribution in [0.5, 0.6) is 0 Å². The van der Waals surface area contributed by atoms with Gasteiger partial charge >= 0.3 is 11.2 Å². The van der Waals surface area contributed by atoms with Gasteiger partial charge in [0.05, 0.1) is 22.7 Å². The number of halogens is 2. The average molecular weight is 494 g/mol. The first kappa shape index (κ1) is 26.0.